The van der Waals surface area contributed by atoms with Crippen LogP contribution in [0.2, 0.25) is 0 Å². The summed E-state index contributed by atoms with van der Waals surface area (Å²) in [5.41, 5.74) is -0.676. The molecule has 0 spiro atoms. The minimum Gasteiger partial charge on any atom is -0.444 e. The molecule has 1 aromatic carbocycles. The van der Waals surface area contributed by atoms with Gasteiger partial charge in [0.2, 0.25) is 10.0 Å². The molecule has 1 fully saturated rings. The van der Waals surface area contributed by atoms with E-state index in [1.807, 2.05) is 0 Å². The second-order valence-electron chi connectivity index (χ2n) is 7.10. The van der Waals surface area contributed by atoms with E-state index in [2.05, 4.69) is 0 Å². The van der Waals surface area contributed by atoms with Crippen molar-refractivity contribution in [2.24, 2.45) is 0 Å². The van der Waals surface area contributed by atoms with Gasteiger partial charge in [0.05, 0.1) is 17.0 Å². The number of halogens is 1. The van der Waals surface area contributed by atoms with Crippen molar-refractivity contribution in [3.63, 3.8) is 0 Å². The van der Waals surface area contributed by atoms with Crippen LogP contribution in [0.3, 0.4) is 0 Å². The van der Waals surface area contributed by atoms with E-state index in [4.69, 9.17) is 4.74 Å². The molecular formula is C17H25FN2O4S. The molecule has 2 unspecified atom stereocenters. The minimum atomic E-state index is -3.81. The number of hydrogen-bond acceptors (Lipinski definition) is 4. The van der Waals surface area contributed by atoms with Crippen LogP contribution in [-0.4, -0.2) is 61.7 Å². The Balaban J connectivity index is 2.22. The fourth-order valence-corrected chi connectivity index (χ4v) is 4.61. The smallest absolute Gasteiger partial charge is 0.410 e. The van der Waals surface area contributed by atoms with E-state index >= 15 is 0 Å². The number of likely N-dealkylation sites (N-methyl/N-ethyl adjacent to an activating group) is 1. The molecule has 1 amide bonds. The first-order chi connectivity index (χ1) is 11.6. The topological polar surface area (TPSA) is 66.9 Å². The average Bonchev–Trinajstić information content (AvgIpc) is 2.98. The van der Waals surface area contributed by atoms with E-state index in [1.54, 1.807) is 39.0 Å². The molecule has 0 saturated carbocycles. The van der Waals surface area contributed by atoms with Crippen molar-refractivity contribution in [2.45, 2.75) is 49.8 Å². The highest BCUT2D eigenvalue weighted by atomic mass is 32.2. The van der Waals surface area contributed by atoms with E-state index in [-0.39, 0.29) is 11.4 Å². The van der Waals surface area contributed by atoms with Crippen LogP contribution in [0, 0.1) is 0 Å². The number of carbonyl (C=O) groups is 1. The molecule has 1 aromatic rings. The van der Waals surface area contributed by atoms with Gasteiger partial charge in [0.25, 0.3) is 0 Å². The SMILES string of the molecule is CN(C(=O)OC(C)(C)C)C1CCN(S(=O)(=O)c2ccccc2)C1CF. The molecule has 1 saturated heterocycles. The van der Waals surface area contributed by atoms with Gasteiger partial charge in [-0.1, -0.05) is 18.2 Å². The molecule has 1 aliphatic heterocycles. The Kier molecular flexibility index (Phi) is 5.73. The van der Waals surface area contributed by atoms with Gasteiger partial charge in [0, 0.05) is 13.6 Å². The summed E-state index contributed by atoms with van der Waals surface area (Å²) in [6.45, 7) is 4.51. The van der Waals surface area contributed by atoms with Gasteiger partial charge in [0.1, 0.15) is 12.3 Å². The van der Waals surface area contributed by atoms with Gasteiger partial charge in [-0.05, 0) is 39.3 Å². The van der Waals surface area contributed by atoms with Crippen molar-refractivity contribution in [1.82, 2.24) is 9.21 Å². The lowest BCUT2D eigenvalue weighted by atomic mass is 10.1. The number of alkyl halides is 1. The molecule has 0 aliphatic carbocycles. The highest BCUT2D eigenvalue weighted by molar-refractivity contribution is 7.89. The molecule has 0 aromatic heterocycles. The molecule has 1 heterocycles. The zero-order chi connectivity index (χ0) is 18.8. The number of benzene rings is 1. The van der Waals surface area contributed by atoms with Crippen LogP contribution in [0.1, 0.15) is 27.2 Å². The summed E-state index contributed by atoms with van der Waals surface area (Å²) in [7, 11) is -2.30. The molecule has 0 N–H and O–H groups in total. The first kappa shape index (κ1) is 19.7. The quantitative estimate of drug-likeness (QED) is 0.815. The Morgan fingerprint density at radius 2 is 1.92 bits per heavy atom. The van der Waals surface area contributed by atoms with Gasteiger partial charge in [-0.2, -0.15) is 4.31 Å². The van der Waals surface area contributed by atoms with E-state index < -0.39 is 40.5 Å². The number of carbonyl (C=O) groups excluding carboxylic acids is 1. The molecule has 8 heteroatoms. The van der Waals surface area contributed by atoms with Crippen molar-refractivity contribution in [3.05, 3.63) is 30.3 Å². The van der Waals surface area contributed by atoms with Gasteiger partial charge in [0.15, 0.2) is 0 Å². The summed E-state index contributed by atoms with van der Waals surface area (Å²) in [6.07, 6.45) is -0.231. The van der Waals surface area contributed by atoms with Crippen LogP contribution in [0.25, 0.3) is 0 Å². The maximum absolute atomic E-state index is 13.7. The van der Waals surface area contributed by atoms with E-state index in [0.29, 0.717) is 6.42 Å². The number of nitrogens with zero attached hydrogens (tertiary/aromatic N) is 2. The predicted molar refractivity (Wildman–Crippen MR) is 92.5 cm³/mol. The fraction of sp³-hybridized carbons (Fsp3) is 0.588. The van der Waals surface area contributed by atoms with E-state index in [1.165, 1.54) is 24.1 Å². The van der Waals surface area contributed by atoms with Crippen molar-refractivity contribution in [3.8, 4) is 0 Å². The Morgan fingerprint density at radius 1 is 1.32 bits per heavy atom. The van der Waals surface area contributed by atoms with Crippen molar-refractivity contribution in [2.75, 3.05) is 20.3 Å². The Bertz CT molecular complexity index is 703. The van der Waals surface area contributed by atoms with Gasteiger partial charge in [-0.25, -0.2) is 17.6 Å². The molecule has 0 bridgehead atoms. The lowest BCUT2D eigenvalue weighted by molar-refractivity contribution is 0.0192. The second kappa shape index (κ2) is 7.29. The van der Waals surface area contributed by atoms with Gasteiger partial charge in [-0.15, -0.1) is 0 Å². The van der Waals surface area contributed by atoms with Crippen LogP contribution in [0.5, 0.6) is 0 Å². The van der Waals surface area contributed by atoms with E-state index in [9.17, 15) is 17.6 Å². The lowest BCUT2D eigenvalue weighted by Gasteiger charge is -2.32. The number of ether oxygens (including phenoxy) is 1. The Morgan fingerprint density at radius 3 is 2.44 bits per heavy atom. The van der Waals surface area contributed by atoms with Crippen LogP contribution in [0.15, 0.2) is 35.2 Å². The number of hydrogen-bond donors (Lipinski definition) is 0. The number of sulfonamides is 1. The molecular weight excluding hydrogens is 347 g/mol. The number of amides is 1. The minimum absolute atomic E-state index is 0.119. The average molecular weight is 372 g/mol. The van der Waals surface area contributed by atoms with Gasteiger partial charge < -0.3 is 9.64 Å². The van der Waals surface area contributed by atoms with Gasteiger partial charge in [-0.3, -0.25) is 0 Å². The van der Waals surface area contributed by atoms with Crippen LogP contribution in [-0.2, 0) is 14.8 Å². The standard InChI is InChI=1S/C17H25FN2O4S/c1-17(2,3)24-16(21)19(4)14-10-11-20(15(14)12-18)25(22,23)13-8-6-5-7-9-13/h5-9,14-15H,10-12H2,1-4H3. The predicted octanol–water partition coefficient (Wildman–Crippen LogP) is 2.65. The first-order valence-corrected chi connectivity index (χ1v) is 9.60. The maximum Gasteiger partial charge on any atom is 0.410 e. The molecule has 6 nitrogen and oxygen atoms in total. The third-order valence-corrected chi connectivity index (χ3v) is 6.08. The molecule has 2 rings (SSSR count). The third kappa shape index (κ3) is 4.30. The third-order valence-electron chi connectivity index (χ3n) is 4.15. The highest BCUT2D eigenvalue weighted by Gasteiger charge is 2.45. The van der Waals surface area contributed by atoms with Crippen molar-refractivity contribution in [1.29, 1.82) is 0 Å². The molecule has 2 atom stereocenters. The first-order valence-electron chi connectivity index (χ1n) is 8.16. The summed E-state index contributed by atoms with van der Waals surface area (Å²) >= 11 is 0. The molecule has 1 aliphatic rings. The van der Waals surface area contributed by atoms with Crippen LogP contribution < -0.4 is 0 Å². The normalized spacial score (nSPS) is 22.0. The Labute approximate surface area is 148 Å². The maximum atomic E-state index is 13.7. The fourth-order valence-electron chi connectivity index (χ4n) is 2.94. The lowest BCUT2D eigenvalue weighted by Crippen LogP contribution is -2.49. The summed E-state index contributed by atoms with van der Waals surface area (Å²) in [5.74, 6) is 0. The summed E-state index contributed by atoms with van der Waals surface area (Å²) in [5, 5.41) is 0. The largest absolute Gasteiger partial charge is 0.444 e. The molecule has 140 valence electrons. The van der Waals surface area contributed by atoms with Crippen LogP contribution in [0.4, 0.5) is 9.18 Å². The number of rotatable bonds is 4. The zero-order valence-corrected chi connectivity index (χ0v) is 15.8. The van der Waals surface area contributed by atoms with Gasteiger partial charge >= 0.3 is 6.09 Å². The van der Waals surface area contributed by atoms with E-state index in [0.717, 1.165) is 4.31 Å². The Hall–Kier alpha value is -1.67. The summed E-state index contributed by atoms with van der Waals surface area (Å²) in [6, 6.07) is 6.43. The highest BCUT2D eigenvalue weighted by Crippen LogP contribution is 2.30. The zero-order valence-electron chi connectivity index (χ0n) is 15.0. The van der Waals surface area contributed by atoms with Crippen molar-refractivity contribution >= 4 is 16.1 Å². The molecule has 0 radical (unpaired) electrons. The van der Waals surface area contributed by atoms with Crippen molar-refractivity contribution < 1.29 is 22.3 Å². The summed E-state index contributed by atoms with van der Waals surface area (Å²) < 4.78 is 45.8. The van der Waals surface area contributed by atoms with Crippen LogP contribution >= 0.6 is 0 Å². The summed E-state index contributed by atoms with van der Waals surface area (Å²) in [4.78, 5) is 13.7. The second-order valence-corrected chi connectivity index (χ2v) is 8.99. The molecule has 25 heavy (non-hydrogen) atoms. The monoisotopic (exact) mass is 372 g/mol.